The SMILES string of the molecule is Cc1ccc(OP(=O)(Oc2ccc(C)cc2)Oc2ccc(C)cc2)cc1.Cc1ccc(OP(=O)(Oc2ccc(C)cc2)Oc2ccc(C)cc2)cc1.Cc1ccc(OP(=O)(Oc2ccc(C)cc2)Oc2ccc(C)cc2)cc1.Cc1ccc(OP(=O)(Oc2ccc(C)cc2)Oc2cccc(C)c2)cc1.[Cd+2].[O-][Cl+3]([O-])([O-])O. The van der Waals surface area contributed by atoms with Gasteiger partial charge in [-0.25, -0.2) is 0 Å². The van der Waals surface area contributed by atoms with Crippen LogP contribution in [0.25, 0.3) is 0 Å². The van der Waals surface area contributed by atoms with Crippen molar-refractivity contribution in [3.63, 3.8) is 0 Å². The van der Waals surface area contributed by atoms with Gasteiger partial charge in [-0.2, -0.15) is 32.2 Å². The average molecular weight is 1690 g/mol. The third-order valence-corrected chi connectivity index (χ3v) is 20.0. The summed E-state index contributed by atoms with van der Waals surface area (Å²) in [5, 5.41) is 0. The summed E-state index contributed by atoms with van der Waals surface area (Å²) in [5.41, 5.74) is 12.8. The van der Waals surface area contributed by atoms with E-state index in [9.17, 15) is 18.3 Å². The molecule has 12 aromatic carbocycles. The zero-order chi connectivity index (χ0) is 78.8. The molecule has 0 saturated heterocycles. The van der Waals surface area contributed by atoms with E-state index in [4.69, 9.17) is 72.9 Å². The Morgan fingerprint density at radius 1 is 0.200 bits per heavy atom. The Bertz CT molecular complexity index is 4210. The number of halogens is 1. The first-order valence-corrected chi connectivity index (χ1v) is 41.0. The van der Waals surface area contributed by atoms with E-state index in [1.807, 2.05) is 229 Å². The van der Waals surface area contributed by atoms with Crippen molar-refractivity contribution in [3.05, 3.63) is 358 Å². The van der Waals surface area contributed by atoms with Crippen LogP contribution in [0.3, 0.4) is 0 Å². The summed E-state index contributed by atoms with van der Waals surface area (Å²) in [4.78, 5) is 0. The largest absolute Gasteiger partial charge is 2.00 e. The predicted molar refractivity (Wildman–Crippen MR) is 414 cm³/mol. The zero-order valence-corrected chi connectivity index (χ0v) is 71.2. The second kappa shape index (κ2) is 41.3. The molecule has 12 rings (SSSR count). The summed E-state index contributed by atoms with van der Waals surface area (Å²) in [6.07, 6.45) is 0. The van der Waals surface area contributed by atoms with Crippen LogP contribution in [0.2, 0.25) is 0 Å². The van der Waals surface area contributed by atoms with Gasteiger partial charge in [0, 0.05) is 0 Å². The van der Waals surface area contributed by atoms with Crippen LogP contribution in [0.4, 0.5) is 0 Å². The standard InChI is InChI=1S/4C21H21O4P.Cd.ClHO4/c3*1-16-4-10-19(11-5-16)23-26(22,24-20-12-6-17(2)7-13-20)25-21-14-8-18(3)9-15-21;1-16-7-11-19(12-8-16)23-26(22,24-20-13-9-17(2)10-14-20)25-21-6-4-5-18(3)15-21;;2-1(3,4)5/h4*4-15H,1-3H3;;(H,2,3,4,5)/q;;;;+2;. The van der Waals surface area contributed by atoms with Crippen LogP contribution < -0.4 is 68.3 Å². The minimum absolute atomic E-state index is 0. The molecule has 0 aliphatic carbocycles. The van der Waals surface area contributed by atoms with E-state index in [1.54, 1.807) is 146 Å². The van der Waals surface area contributed by atoms with Crippen molar-refractivity contribution in [2.24, 2.45) is 0 Å². The third kappa shape index (κ3) is 32.0. The van der Waals surface area contributed by atoms with Gasteiger partial charge in [0.05, 0.1) is 14.9 Å². The molecule has 20 nitrogen and oxygen atoms in total. The van der Waals surface area contributed by atoms with Crippen molar-refractivity contribution in [1.82, 2.24) is 0 Å². The Morgan fingerprint density at radius 3 is 0.418 bits per heavy atom. The molecule has 0 radical (unpaired) electrons. The molecular weight excluding hydrogens is 1600 g/mol. The fourth-order valence-corrected chi connectivity index (χ4v) is 14.0. The predicted octanol–water partition coefficient (Wildman–Crippen LogP) is 20.9. The fourth-order valence-electron chi connectivity index (χ4n) is 9.04. The van der Waals surface area contributed by atoms with E-state index < -0.39 is 41.5 Å². The maximum atomic E-state index is 13.3. The molecule has 0 aliphatic heterocycles. The molecule has 0 amide bonds. The van der Waals surface area contributed by atoms with Gasteiger partial charge in [0.1, 0.15) is 69.0 Å². The number of hydrogen-bond donors (Lipinski definition) is 1. The number of benzene rings is 12. The molecular formula is C84H85CdClO20P4+2. The second-order valence-corrected chi connectivity index (χ2v) is 31.6. The molecule has 568 valence electrons. The molecule has 12 aromatic rings. The molecule has 0 unspecified atom stereocenters. The van der Waals surface area contributed by atoms with Gasteiger partial charge in [0.15, 0.2) is 0 Å². The van der Waals surface area contributed by atoms with Crippen molar-refractivity contribution >= 4 is 31.3 Å². The Morgan fingerprint density at radius 2 is 0.309 bits per heavy atom. The normalized spacial score (nSPS) is 11.0. The molecule has 0 saturated carbocycles. The first kappa shape index (κ1) is 87.4. The van der Waals surface area contributed by atoms with E-state index in [-0.39, 0.29) is 27.3 Å². The van der Waals surface area contributed by atoms with Gasteiger partial charge >= 0.3 is 58.6 Å². The van der Waals surface area contributed by atoms with Crippen molar-refractivity contribution < 1.29 is 129 Å². The molecule has 0 aromatic heterocycles. The zero-order valence-electron chi connectivity index (χ0n) is 62.8. The minimum Gasteiger partial charge on any atom is -0.386 e. The van der Waals surface area contributed by atoms with Crippen molar-refractivity contribution in [3.8, 4) is 69.0 Å². The van der Waals surface area contributed by atoms with Gasteiger partial charge in [-0.15, -0.1) is 0 Å². The average Bonchev–Trinajstić information content (AvgIpc) is 0.845. The third-order valence-electron chi connectivity index (χ3n) is 14.8. The molecule has 26 heteroatoms. The van der Waals surface area contributed by atoms with Crippen LogP contribution >= 0.6 is 31.3 Å². The smallest absolute Gasteiger partial charge is 0.386 e. The summed E-state index contributed by atoms with van der Waals surface area (Å²) in [7, 11) is -20.4. The topological polar surface area (TPSA) is 268 Å². The Kier molecular flexibility index (Phi) is 32.8. The van der Waals surface area contributed by atoms with Crippen LogP contribution in [-0.4, -0.2) is 4.66 Å². The van der Waals surface area contributed by atoms with Gasteiger partial charge in [-0.1, -0.05) is 207 Å². The van der Waals surface area contributed by atoms with Crippen LogP contribution in [0.1, 0.15) is 66.8 Å². The van der Waals surface area contributed by atoms with E-state index in [2.05, 4.69) is 0 Å². The summed E-state index contributed by atoms with van der Waals surface area (Å²) in [6, 6.07) is 86.6. The molecule has 0 atom stereocenters. The molecule has 0 bridgehead atoms. The van der Waals surface area contributed by atoms with Crippen LogP contribution in [0.15, 0.2) is 291 Å². The first-order valence-electron chi connectivity index (χ1n) is 33.9. The van der Waals surface area contributed by atoms with Gasteiger partial charge in [0.2, 0.25) is 0 Å². The van der Waals surface area contributed by atoms with E-state index in [0.717, 1.165) is 66.8 Å². The van der Waals surface area contributed by atoms with E-state index in [1.165, 1.54) is 0 Å². The first-order chi connectivity index (χ1) is 51.7. The molecule has 0 heterocycles. The number of phosphoric acid groups is 4. The molecule has 110 heavy (non-hydrogen) atoms. The number of phosphoric ester groups is 4. The van der Waals surface area contributed by atoms with Gasteiger partial charge in [0.25, 0.3) is 0 Å². The molecule has 0 spiro atoms. The van der Waals surface area contributed by atoms with Gasteiger partial charge in [-0.05, 0) is 234 Å². The quantitative estimate of drug-likeness (QED) is 0.0435. The monoisotopic (exact) mass is 1690 g/mol. The van der Waals surface area contributed by atoms with Gasteiger partial charge in [-0.3, -0.25) is 0 Å². The van der Waals surface area contributed by atoms with Crippen LogP contribution in [0, 0.1) is 93.3 Å². The van der Waals surface area contributed by atoms with Crippen molar-refractivity contribution in [1.29, 1.82) is 0 Å². The minimum atomic E-state index is -4.69. The maximum Gasteiger partial charge on any atom is 2.00 e. The second-order valence-electron chi connectivity index (χ2n) is 25.0. The summed E-state index contributed by atoms with van der Waals surface area (Å²) >= 11 is 0. The van der Waals surface area contributed by atoms with Crippen LogP contribution in [-0.2, 0) is 45.6 Å². The molecule has 1 N–H and O–H groups in total. The van der Waals surface area contributed by atoms with Crippen molar-refractivity contribution in [2.75, 3.05) is 0 Å². The summed E-state index contributed by atoms with van der Waals surface area (Å²) in [5.74, 6) is 4.99. The van der Waals surface area contributed by atoms with E-state index >= 15 is 0 Å². The molecule has 0 aliphatic rings. The Labute approximate surface area is 665 Å². The summed E-state index contributed by atoms with van der Waals surface area (Å²) in [6.45, 7) is 23.6. The Hall–Kier alpha value is -9.79. The van der Waals surface area contributed by atoms with Crippen molar-refractivity contribution in [2.45, 2.75) is 83.1 Å². The number of aryl methyl sites for hydroxylation is 12. The maximum absolute atomic E-state index is 13.3. The van der Waals surface area contributed by atoms with Gasteiger partial charge < -0.3 is 54.3 Å². The summed E-state index contributed by atoms with van der Waals surface area (Å²) < 4.78 is 154. The Balaban J connectivity index is 0.000000199. The number of rotatable bonds is 24. The fraction of sp³-hybridized carbons (Fsp3) is 0.143. The van der Waals surface area contributed by atoms with Crippen LogP contribution in [0.5, 0.6) is 69.0 Å². The molecule has 0 fully saturated rings. The van der Waals surface area contributed by atoms with E-state index in [0.29, 0.717) is 69.0 Å². The number of hydrogen-bond acceptors (Lipinski definition) is 20.